The summed E-state index contributed by atoms with van der Waals surface area (Å²) < 4.78 is 10.2. The van der Waals surface area contributed by atoms with Crippen molar-refractivity contribution < 1.29 is 14.3 Å². The van der Waals surface area contributed by atoms with Gasteiger partial charge in [-0.25, -0.2) is 4.79 Å². The maximum absolute atomic E-state index is 11.7. The van der Waals surface area contributed by atoms with Crippen molar-refractivity contribution in [1.29, 1.82) is 0 Å². The zero-order valence-electron chi connectivity index (χ0n) is 10.7. The zero-order valence-corrected chi connectivity index (χ0v) is 10.7. The molecular weight excluding hydrogens is 218 g/mol. The molecule has 0 aliphatic rings. The molecule has 0 saturated carbocycles. The van der Waals surface area contributed by atoms with E-state index in [1.165, 1.54) is 0 Å². The molecule has 17 heavy (non-hydrogen) atoms. The minimum atomic E-state index is -0.787. The van der Waals surface area contributed by atoms with Crippen LogP contribution in [0.5, 0.6) is 5.75 Å². The predicted octanol–water partition coefficient (Wildman–Crippen LogP) is 2.45. The summed E-state index contributed by atoms with van der Waals surface area (Å²) in [6, 6.07) is 7.46. The SMILES string of the molecule is CCOC(=O)C(C)(C)Nc1ccccc1OC. The first-order valence-electron chi connectivity index (χ1n) is 5.59. The topological polar surface area (TPSA) is 47.6 Å². The number of hydrogen-bond acceptors (Lipinski definition) is 4. The van der Waals surface area contributed by atoms with E-state index in [-0.39, 0.29) is 5.97 Å². The van der Waals surface area contributed by atoms with Crippen LogP contribution in [-0.4, -0.2) is 25.2 Å². The molecule has 0 unspecified atom stereocenters. The molecule has 0 saturated heterocycles. The first-order valence-corrected chi connectivity index (χ1v) is 5.59. The number of carbonyl (C=O) groups excluding carboxylic acids is 1. The van der Waals surface area contributed by atoms with Gasteiger partial charge in [0.25, 0.3) is 0 Å². The fourth-order valence-electron chi connectivity index (χ4n) is 1.45. The van der Waals surface area contributed by atoms with Crippen molar-refractivity contribution in [3.63, 3.8) is 0 Å². The van der Waals surface area contributed by atoms with Gasteiger partial charge < -0.3 is 14.8 Å². The summed E-state index contributed by atoms with van der Waals surface area (Å²) in [5.41, 5.74) is -0.0157. The number of ether oxygens (including phenoxy) is 2. The van der Waals surface area contributed by atoms with Gasteiger partial charge in [0.15, 0.2) is 0 Å². The van der Waals surface area contributed by atoms with Crippen molar-refractivity contribution in [2.24, 2.45) is 0 Å². The number of methoxy groups -OCH3 is 1. The summed E-state index contributed by atoms with van der Waals surface area (Å²) in [4.78, 5) is 11.7. The molecule has 0 bridgehead atoms. The number of carbonyl (C=O) groups is 1. The highest BCUT2D eigenvalue weighted by atomic mass is 16.5. The lowest BCUT2D eigenvalue weighted by Crippen LogP contribution is -2.41. The molecule has 1 rings (SSSR count). The van der Waals surface area contributed by atoms with Gasteiger partial charge in [0.05, 0.1) is 19.4 Å². The second kappa shape index (κ2) is 5.57. The molecule has 0 atom stereocenters. The molecule has 4 heteroatoms. The van der Waals surface area contributed by atoms with E-state index in [1.807, 2.05) is 24.3 Å². The number of para-hydroxylation sites is 2. The van der Waals surface area contributed by atoms with Gasteiger partial charge in [0.1, 0.15) is 11.3 Å². The van der Waals surface area contributed by atoms with E-state index in [2.05, 4.69) is 5.32 Å². The first kappa shape index (κ1) is 13.4. The largest absolute Gasteiger partial charge is 0.495 e. The van der Waals surface area contributed by atoms with Crippen molar-refractivity contribution in [3.8, 4) is 5.75 Å². The number of esters is 1. The maximum atomic E-state index is 11.7. The molecule has 0 radical (unpaired) electrons. The van der Waals surface area contributed by atoms with Gasteiger partial charge in [-0.05, 0) is 32.9 Å². The zero-order chi connectivity index (χ0) is 12.9. The van der Waals surface area contributed by atoms with Crippen LogP contribution < -0.4 is 10.1 Å². The Balaban J connectivity index is 2.85. The second-order valence-electron chi connectivity index (χ2n) is 4.17. The van der Waals surface area contributed by atoms with Gasteiger partial charge in [0.2, 0.25) is 0 Å². The minimum absolute atomic E-state index is 0.286. The van der Waals surface area contributed by atoms with Crippen molar-refractivity contribution >= 4 is 11.7 Å². The molecule has 0 aliphatic heterocycles. The number of rotatable bonds is 5. The van der Waals surface area contributed by atoms with Crippen molar-refractivity contribution in [2.45, 2.75) is 26.3 Å². The van der Waals surface area contributed by atoms with E-state index in [9.17, 15) is 4.79 Å². The summed E-state index contributed by atoms with van der Waals surface area (Å²) in [6.07, 6.45) is 0. The smallest absolute Gasteiger partial charge is 0.331 e. The van der Waals surface area contributed by atoms with Gasteiger partial charge in [0, 0.05) is 0 Å². The van der Waals surface area contributed by atoms with Crippen LogP contribution in [0.4, 0.5) is 5.69 Å². The molecule has 1 N–H and O–H groups in total. The van der Waals surface area contributed by atoms with Gasteiger partial charge in [-0.15, -0.1) is 0 Å². The van der Waals surface area contributed by atoms with Crippen LogP contribution in [0.3, 0.4) is 0 Å². The van der Waals surface area contributed by atoms with Crippen molar-refractivity contribution in [2.75, 3.05) is 19.0 Å². The second-order valence-corrected chi connectivity index (χ2v) is 4.17. The molecule has 0 spiro atoms. The van der Waals surface area contributed by atoms with E-state index in [1.54, 1.807) is 27.9 Å². The van der Waals surface area contributed by atoms with E-state index < -0.39 is 5.54 Å². The maximum Gasteiger partial charge on any atom is 0.331 e. The average molecular weight is 237 g/mol. The average Bonchev–Trinajstić information content (AvgIpc) is 2.29. The lowest BCUT2D eigenvalue weighted by atomic mass is 10.1. The molecule has 0 fully saturated rings. The Kier molecular flexibility index (Phi) is 4.37. The Morgan fingerprint density at radius 3 is 2.59 bits per heavy atom. The summed E-state index contributed by atoms with van der Waals surface area (Å²) >= 11 is 0. The number of hydrogen-bond donors (Lipinski definition) is 1. The highest BCUT2D eigenvalue weighted by Crippen LogP contribution is 2.26. The molecule has 0 amide bonds. The van der Waals surface area contributed by atoms with Crippen LogP contribution in [0.15, 0.2) is 24.3 Å². The Labute approximate surface area is 102 Å². The van der Waals surface area contributed by atoms with Gasteiger partial charge >= 0.3 is 5.97 Å². The van der Waals surface area contributed by atoms with Crippen LogP contribution in [0.1, 0.15) is 20.8 Å². The minimum Gasteiger partial charge on any atom is -0.495 e. The van der Waals surface area contributed by atoms with Crippen molar-refractivity contribution in [1.82, 2.24) is 0 Å². The molecule has 1 aromatic rings. The third-order valence-electron chi connectivity index (χ3n) is 2.34. The van der Waals surface area contributed by atoms with Crippen LogP contribution >= 0.6 is 0 Å². The van der Waals surface area contributed by atoms with E-state index >= 15 is 0 Å². The van der Waals surface area contributed by atoms with Crippen LogP contribution in [0.2, 0.25) is 0 Å². The third-order valence-corrected chi connectivity index (χ3v) is 2.34. The Morgan fingerprint density at radius 2 is 2.00 bits per heavy atom. The van der Waals surface area contributed by atoms with Crippen molar-refractivity contribution in [3.05, 3.63) is 24.3 Å². The lowest BCUT2D eigenvalue weighted by Gasteiger charge is -2.25. The van der Waals surface area contributed by atoms with Crippen LogP contribution in [-0.2, 0) is 9.53 Å². The van der Waals surface area contributed by atoms with Gasteiger partial charge in [-0.3, -0.25) is 0 Å². The Bertz CT molecular complexity index is 388. The van der Waals surface area contributed by atoms with E-state index in [0.29, 0.717) is 12.4 Å². The molecule has 0 aliphatic carbocycles. The molecule has 1 aromatic carbocycles. The van der Waals surface area contributed by atoms with Gasteiger partial charge in [-0.2, -0.15) is 0 Å². The standard InChI is InChI=1S/C13H19NO3/c1-5-17-12(15)13(2,3)14-10-8-6-7-9-11(10)16-4/h6-9,14H,5H2,1-4H3. The predicted molar refractivity (Wildman–Crippen MR) is 67.3 cm³/mol. The van der Waals surface area contributed by atoms with E-state index in [0.717, 1.165) is 5.69 Å². The molecular formula is C13H19NO3. The first-order chi connectivity index (χ1) is 8.01. The third kappa shape index (κ3) is 3.37. The highest BCUT2D eigenvalue weighted by molar-refractivity contribution is 5.84. The quantitative estimate of drug-likeness (QED) is 0.799. The fourth-order valence-corrected chi connectivity index (χ4v) is 1.45. The monoisotopic (exact) mass is 237 g/mol. The molecule has 0 aromatic heterocycles. The normalized spacial score (nSPS) is 10.8. The van der Waals surface area contributed by atoms with E-state index in [4.69, 9.17) is 9.47 Å². The highest BCUT2D eigenvalue weighted by Gasteiger charge is 2.29. The molecule has 94 valence electrons. The summed E-state index contributed by atoms with van der Waals surface area (Å²) in [5, 5.41) is 3.12. The number of anilines is 1. The van der Waals surface area contributed by atoms with Crippen LogP contribution in [0.25, 0.3) is 0 Å². The number of benzene rings is 1. The number of nitrogens with one attached hydrogen (secondary N) is 1. The Morgan fingerprint density at radius 1 is 1.35 bits per heavy atom. The fraction of sp³-hybridized carbons (Fsp3) is 0.462. The van der Waals surface area contributed by atoms with Crippen LogP contribution in [0, 0.1) is 0 Å². The summed E-state index contributed by atoms with van der Waals surface area (Å²) in [6.45, 7) is 5.71. The lowest BCUT2D eigenvalue weighted by molar-refractivity contribution is -0.147. The summed E-state index contributed by atoms with van der Waals surface area (Å²) in [7, 11) is 1.60. The van der Waals surface area contributed by atoms with Gasteiger partial charge in [-0.1, -0.05) is 12.1 Å². The molecule has 4 nitrogen and oxygen atoms in total. The Hall–Kier alpha value is -1.71. The summed E-state index contributed by atoms with van der Waals surface area (Å²) in [5.74, 6) is 0.413. The molecule has 0 heterocycles.